The number of ether oxygens (including phenoxy) is 1. The summed E-state index contributed by atoms with van der Waals surface area (Å²) in [5.41, 5.74) is -0.578. The molecule has 0 saturated carbocycles. The molecule has 0 unspecified atom stereocenters. The number of hydrogen-bond acceptors (Lipinski definition) is 3. The van der Waals surface area contributed by atoms with Crippen LogP contribution in [0.15, 0.2) is 12.1 Å². The van der Waals surface area contributed by atoms with E-state index in [2.05, 4.69) is 19.1 Å². The first-order valence-electron chi connectivity index (χ1n) is 6.86. The fourth-order valence-corrected chi connectivity index (χ4v) is 3.19. The van der Waals surface area contributed by atoms with Gasteiger partial charge in [0, 0.05) is 22.8 Å². The summed E-state index contributed by atoms with van der Waals surface area (Å²) in [6.45, 7) is 8.75. The van der Waals surface area contributed by atoms with E-state index in [4.69, 9.17) is 4.74 Å². The van der Waals surface area contributed by atoms with E-state index in [1.54, 1.807) is 11.3 Å². The summed E-state index contributed by atoms with van der Waals surface area (Å²) in [4.78, 5) is 15.0. The number of carbonyl (C=O) groups excluding carboxylic acids is 1. The van der Waals surface area contributed by atoms with Crippen molar-refractivity contribution in [2.45, 2.75) is 59.0 Å². The first-order chi connectivity index (χ1) is 8.61. The van der Waals surface area contributed by atoms with E-state index in [1.807, 2.05) is 20.8 Å². The second-order valence-corrected chi connectivity index (χ2v) is 5.71. The highest BCUT2D eigenvalue weighted by Gasteiger charge is 2.35. The van der Waals surface area contributed by atoms with E-state index in [1.165, 1.54) is 4.88 Å². The first-order valence-corrected chi connectivity index (χ1v) is 7.68. The Bertz CT molecular complexity index is 378. The van der Waals surface area contributed by atoms with Crippen LogP contribution < -0.4 is 0 Å². The van der Waals surface area contributed by atoms with Crippen molar-refractivity contribution in [1.82, 2.24) is 0 Å². The molecule has 1 heterocycles. The van der Waals surface area contributed by atoms with Gasteiger partial charge in [0.2, 0.25) is 0 Å². The zero-order valence-electron chi connectivity index (χ0n) is 11.9. The minimum Gasteiger partial charge on any atom is -0.368 e. The Hall–Kier alpha value is -0.670. The maximum atomic E-state index is 12.5. The molecular weight excluding hydrogens is 244 g/mol. The summed E-state index contributed by atoms with van der Waals surface area (Å²) in [6.07, 6.45) is 3.05. The molecule has 0 saturated heterocycles. The lowest BCUT2D eigenvalue weighted by Crippen LogP contribution is -2.41. The Morgan fingerprint density at radius 3 is 2.22 bits per heavy atom. The number of ketones is 1. The van der Waals surface area contributed by atoms with Gasteiger partial charge >= 0.3 is 0 Å². The predicted molar refractivity (Wildman–Crippen MR) is 77.3 cm³/mol. The van der Waals surface area contributed by atoms with Crippen LogP contribution in [0.1, 0.15) is 50.3 Å². The molecule has 0 fully saturated rings. The largest absolute Gasteiger partial charge is 0.368 e. The minimum absolute atomic E-state index is 0.221. The number of Topliss-reactive ketones (excluding diaryl/α,β-unsaturated/α-hetero) is 1. The molecule has 1 rings (SSSR count). The maximum Gasteiger partial charge on any atom is 0.169 e. The van der Waals surface area contributed by atoms with Crippen LogP contribution in [0.5, 0.6) is 0 Å². The van der Waals surface area contributed by atoms with Crippen molar-refractivity contribution in [2.24, 2.45) is 0 Å². The van der Waals surface area contributed by atoms with Crippen LogP contribution in [-0.2, 0) is 22.4 Å². The molecule has 3 heteroatoms. The number of aryl methyl sites for hydroxylation is 1. The summed E-state index contributed by atoms with van der Waals surface area (Å²) in [5.74, 6) is 0.221. The molecule has 1 aromatic heterocycles. The summed E-state index contributed by atoms with van der Waals surface area (Å²) in [7, 11) is 0. The molecule has 18 heavy (non-hydrogen) atoms. The van der Waals surface area contributed by atoms with Crippen molar-refractivity contribution in [1.29, 1.82) is 0 Å². The van der Waals surface area contributed by atoms with Gasteiger partial charge in [0.05, 0.1) is 0 Å². The molecule has 0 atom stereocenters. The van der Waals surface area contributed by atoms with Crippen LogP contribution in [0.4, 0.5) is 0 Å². The van der Waals surface area contributed by atoms with Crippen molar-refractivity contribution >= 4 is 17.1 Å². The second-order valence-electron chi connectivity index (χ2n) is 4.46. The topological polar surface area (TPSA) is 26.3 Å². The Morgan fingerprint density at radius 1 is 1.17 bits per heavy atom. The summed E-state index contributed by atoms with van der Waals surface area (Å²) in [5, 5.41) is 0. The zero-order valence-corrected chi connectivity index (χ0v) is 12.7. The number of thiophene rings is 1. The van der Waals surface area contributed by atoms with Crippen LogP contribution in [-0.4, -0.2) is 18.0 Å². The standard InChI is InChI=1S/C15H24O2S/c1-5-12-9-10-13(18-12)11-14(16)15(6-2,7-3)17-8-4/h9-10H,5-8,11H2,1-4H3. The average molecular weight is 268 g/mol. The predicted octanol–water partition coefficient (Wildman–Crippen LogP) is 4.02. The Labute approximate surface area is 114 Å². The molecule has 0 aromatic carbocycles. The van der Waals surface area contributed by atoms with Crippen LogP contribution in [0.2, 0.25) is 0 Å². The smallest absolute Gasteiger partial charge is 0.169 e. The number of rotatable bonds is 8. The Balaban J connectivity index is 2.78. The van der Waals surface area contributed by atoms with Crippen LogP contribution >= 0.6 is 11.3 Å². The molecule has 0 aliphatic heterocycles. The highest BCUT2D eigenvalue weighted by Crippen LogP contribution is 2.26. The molecule has 0 amide bonds. The fourth-order valence-electron chi connectivity index (χ4n) is 2.23. The molecule has 0 aliphatic carbocycles. The minimum atomic E-state index is -0.578. The van der Waals surface area contributed by atoms with Crippen LogP contribution in [0.3, 0.4) is 0 Å². The Morgan fingerprint density at radius 2 is 1.78 bits per heavy atom. The van der Waals surface area contributed by atoms with E-state index < -0.39 is 5.60 Å². The van der Waals surface area contributed by atoms with Gasteiger partial charge < -0.3 is 4.74 Å². The summed E-state index contributed by atoms with van der Waals surface area (Å²) >= 11 is 1.74. The van der Waals surface area contributed by atoms with Crippen molar-refractivity contribution < 1.29 is 9.53 Å². The number of hydrogen-bond donors (Lipinski definition) is 0. The molecular formula is C15H24O2S. The van der Waals surface area contributed by atoms with Crippen LogP contribution in [0.25, 0.3) is 0 Å². The van der Waals surface area contributed by atoms with E-state index in [9.17, 15) is 4.79 Å². The average Bonchev–Trinajstić information content (AvgIpc) is 2.83. The van der Waals surface area contributed by atoms with Gasteiger partial charge in [-0.25, -0.2) is 0 Å². The second kappa shape index (κ2) is 7.05. The van der Waals surface area contributed by atoms with Gasteiger partial charge in [0.15, 0.2) is 5.78 Å². The lowest BCUT2D eigenvalue weighted by molar-refractivity contribution is -0.144. The van der Waals surface area contributed by atoms with E-state index in [0.717, 1.165) is 24.1 Å². The molecule has 2 nitrogen and oxygen atoms in total. The normalized spacial score (nSPS) is 11.8. The molecule has 1 aromatic rings. The Kier molecular flexibility index (Phi) is 6.03. The molecule has 0 radical (unpaired) electrons. The summed E-state index contributed by atoms with van der Waals surface area (Å²) in [6, 6.07) is 4.19. The van der Waals surface area contributed by atoms with Crippen molar-refractivity contribution in [3.63, 3.8) is 0 Å². The van der Waals surface area contributed by atoms with Crippen LogP contribution in [0, 0.1) is 0 Å². The SMILES string of the molecule is CCOC(CC)(CC)C(=O)Cc1ccc(CC)s1. The van der Waals surface area contributed by atoms with Gasteiger partial charge in [-0.15, -0.1) is 11.3 Å². The van der Waals surface area contributed by atoms with Gasteiger partial charge in [-0.3, -0.25) is 4.79 Å². The fraction of sp³-hybridized carbons (Fsp3) is 0.667. The van der Waals surface area contributed by atoms with Gasteiger partial charge in [-0.05, 0) is 38.3 Å². The third kappa shape index (κ3) is 3.42. The van der Waals surface area contributed by atoms with Gasteiger partial charge in [0.1, 0.15) is 5.60 Å². The van der Waals surface area contributed by atoms with Gasteiger partial charge in [-0.1, -0.05) is 20.8 Å². The third-order valence-corrected chi connectivity index (χ3v) is 4.70. The van der Waals surface area contributed by atoms with Crippen molar-refractivity contribution in [2.75, 3.05) is 6.61 Å². The quantitative estimate of drug-likeness (QED) is 0.712. The molecule has 0 aliphatic rings. The van der Waals surface area contributed by atoms with Crippen molar-refractivity contribution in [3.8, 4) is 0 Å². The van der Waals surface area contributed by atoms with E-state index in [-0.39, 0.29) is 5.78 Å². The molecule has 0 bridgehead atoms. The van der Waals surface area contributed by atoms with E-state index >= 15 is 0 Å². The molecule has 0 N–H and O–H groups in total. The maximum absolute atomic E-state index is 12.5. The monoisotopic (exact) mass is 268 g/mol. The first kappa shape index (κ1) is 15.4. The van der Waals surface area contributed by atoms with E-state index in [0.29, 0.717) is 13.0 Å². The lowest BCUT2D eigenvalue weighted by Gasteiger charge is -2.29. The lowest BCUT2D eigenvalue weighted by atomic mass is 9.89. The highest BCUT2D eigenvalue weighted by atomic mass is 32.1. The molecule has 0 spiro atoms. The van der Waals surface area contributed by atoms with Gasteiger partial charge in [-0.2, -0.15) is 0 Å². The third-order valence-electron chi connectivity index (χ3n) is 3.47. The van der Waals surface area contributed by atoms with Crippen molar-refractivity contribution in [3.05, 3.63) is 21.9 Å². The zero-order chi connectivity index (χ0) is 13.6. The summed E-state index contributed by atoms with van der Waals surface area (Å²) < 4.78 is 5.75. The highest BCUT2D eigenvalue weighted by molar-refractivity contribution is 7.12. The number of carbonyl (C=O) groups is 1. The molecule has 102 valence electrons. The van der Waals surface area contributed by atoms with Gasteiger partial charge in [0.25, 0.3) is 0 Å².